The molecule has 6 nitrogen and oxygen atoms in total. The predicted molar refractivity (Wildman–Crippen MR) is 83.7 cm³/mol. The summed E-state index contributed by atoms with van der Waals surface area (Å²) in [5.74, 6) is -0.129. The van der Waals surface area contributed by atoms with Crippen molar-refractivity contribution in [2.24, 2.45) is 0 Å². The lowest BCUT2D eigenvalue weighted by Crippen LogP contribution is -2.39. The van der Waals surface area contributed by atoms with Gasteiger partial charge in [0, 0.05) is 12.2 Å². The lowest BCUT2D eigenvalue weighted by Gasteiger charge is -2.20. The van der Waals surface area contributed by atoms with Crippen LogP contribution in [-0.2, 0) is 11.3 Å². The minimum atomic E-state index is -0.275. The maximum absolute atomic E-state index is 12.2. The van der Waals surface area contributed by atoms with E-state index >= 15 is 0 Å². The number of carbonyl (C=O) groups is 1. The second kappa shape index (κ2) is 6.77. The van der Waals surface area contributed by atoms with Crippen LogP contribution in [0, 0.1) is 0 Å². The van der Waals surface area contributed by atoms with E-state index in [-0.39, 0.29) is 24.2 Å². The Morgan fingerprint density at radius 3 is 2.64 bits per heavy atom. The van der Waals surface area contributed by atoms with Gasteiger partial charge in [-0.05, 0) is 25.0 Å². The van der Waals surface area contributed by atoms with Gasteiger partial charge in [0.05, 0.1) is 0 Å². The fourth-order valence-electron chi connectivity index (χ4n) is 3.08. The monoisotopic (exact) mass is 302 g/mol. The zero-order valence-electron chi connectivity index (χ0n) is 12.7. The average molecular weight is 302 g/mol. The Kier molecular flexibility index (Phi) is 4.56. The molecule has 2 aromatic heterocycles. The van der Waals surface area contributed by atoms with Crippen molar-refractivity contribution in [1.82, 2.24) is 19.5 Å². The van der Waals surface area contributed by atoms with Crippen LogP contribution in [0.15, 0.2) is 29.2 Å². The summed E-state index contributed by atoms with van der Waals surface area (Å²) in [7, 11) is 0. The molecule has 1 saturated carbocycles. The number of nitrogens with zero attached hydrogens (tertiary/aromatic N) is 3. The number of fused-ring (bicyclic) bond motifs is 1. The molecule has 22 heavy (non-hydrogen) atoms. The van der Waals surface area contributed by atoms with Gasteiger partial charge in [0.2, 0.25) is 5.91 Å². The smallest absolute Gasteiger partial charge is 0.350 e. The molecule has 0 atom stereocenters. The molecule has 1 aliphatic rings. The highest BCUT2D eigenvalue weighted by molar-refractivity contribution is 5.76. The maximum Gasteiger partial charge on any atom is 0.350 e. The molecule has 0 aromatic carbocycles. The molecule has 3 rings (SSSR count). The average Bonchev–Trinajstić information content (AvgIpc) is 2.79. The van der Waals surface area contributed by atoms with E-state index in [4.69, 9.17) is 0 Å². The third-order valence-corrected chi connectivity index (χ3v) is 4.25. The van der Waals surface area contributed by atoms with E-state index in [2.05, 4.69) is 10.4 Å². The molecule has 1 fully saturated rings. The molecule has 2 aromatic rings. The molecule has 0 aliphatic heterocycles. The second-order valence-corrected chi connectivity index (χ2v) is 5.98. The predicted octanol–water partition coefficient (Wildman–Crippen LogP) is 1.73. The van der Waals surface area contributed by atoms with Gasteiger partial charge < -0.3 is 5.32 Å². The van der Waals surface area contributed by atoms with Crippen LogP contribution < -0.4 is 11.0 Å². The van der Waals surface area contributed by atoms with Gasteiger partial charge in [0.15, 0.2) is 5.65 Å². The van der Waals surface area contributed by atoms with Crippen LogP contribution in [0.2, 0.25) is 0 Å². The summed E-state index contributed by atoms with van der Waals surface area (Å²) < 4.78 is 2.68. The van der Waals surface area contributed by atoms with Crippen LogP contribution in [0.3, 0.4) is 0 Å². The lowest BCUT2D eigenvalue weighted by molar-refractivity contribution is -0.122. The highest BCUT2D eigenvalue weighted by Crippen LogP contribution is 2.16. The van der Waals surface area contributed by atoms with E-state index in [1.54, 1.807) is 18.3 Å². The van der Waals surface area contributed by atoms with Crippen molar-refractivity contribution in [1.29, 1.82) is 0 Å². The van der Waals surface area contributed by atoms with Crippen LogP contribution in [0.1, 0.15) is 44.9 Å². The lowest BCUT2D eigenvalue weighted by atomic mass is 9.97. The SMILES string of the molecule is O=C(Cn1nc2ccccn2c1=O)NC1CCCCCCC1. The molecular weight excluding hydrogens is 280 g/mol. The summed E-state index contributed by atoms with van der Waals surface area (Å²) >= 11 is 0. The molecule has 0 unspecified atom stereocenters. The summed E-state index contributed by atoms with van der Waals surface area (Å²) in [6.45, 7) is -0.0169. The third kappa shape index (κ3) is 3.37. The number of hydrogen-bond acceptors (Lipinski definition) is 3. The van der Waals surface area contributed by atoms with E-state index in [1.807, 2.05) is 6.07 Å². The maximum atomic E-state index is 12.2. The molecular formula is C16H22N4O2. The Morgan fingerprint density at radius 1 is 1.18 bits per heavy atom. The highest BCUT2D eigenvalue weighted by Gasteiger charge is 2.16. The summed E-state index contributed by atoms with van der Waals surface area (Å²) in [5.41, 5.74) is 0.287. The molecule has 0 saturated heterocycles. The number of nitrogens with one attached hydrogen (secondary N) is 1. The number of amides is 1. The van der Waals surface area contributed by atoms with Crippen LogP contribution in [0.5, 0.6) is 0 Å². The standard InChI is InChI=1S/C16H22N4O2/c21-15(17-13-8-4-2-1-3-5-9-13)12-20-16(22)19-11-7-6-10-14(19)18-20/h6-7,10-11,13H,1-5,8-9,12H2,(H,17,21). The van der Waals surface area contributed by atoms with Crippen LogP contribution in [0.25, 0.3) is 5.65 Å². The van der Waals surface area contributed by atoms with Crippen molar-refractivity contribution < 1.29 is 4.79 Å². The van der Waals surface area contributed by atoms with Crippen molar-refractivity contribution in [3.63, 3.8) is 0 Å². The topological polar surface area (TPSA) is 68.4 Å². The summed E-state index contributed by atoms with van der Waals surface area (Å²) in [5, 5.41) is 7.24. The first-order valence-corrected chi connectivity index (χ1v) is 8.07. The Hall–Kier alpha value is -2.11. The Labute approximate surface area is 129 Å². The van der Waals surface area contributed by atoms with Gasteiger partial charge in [-0.15, -0.1) is 5.10 Å². The molecule has 6 heteroatoms. The molecule has 2 heterocycles. The molecule has 118 valence electrons. The Bertz CT molecular complexity index is 695. The Morgan fingerprint density at radius 2 is 1.91 bits per heavy atom. The number of aromatic nitrogens is 3. The minimum Gasteiger partial charge on any atom is -0.352 e. The fourth-order valence-corrected chi connectivity index (χ4v) is 3.08. The van der Waals surface area contributed by atoms with Gasteiger partial charge in [0.1, 0.15) is 6.54 Å². The van der Waals surface area contributed by atoms with Crippen molar-refractivity contribution in [3.8, 4) is 0 Å². The largest absolute Gasteiger partial charge is 0.352 e. The van der Waals surface area contributed by atoms with Crippen LogP contribution in [-0.4, -0.2) is 26.1 Å². The molecule has 1 N–H and O–H groups in total. The van der Waals surface area contributed by atoms with Gasteiger partial charge in [0.25, 0.3) is 0 Å². The van der Waals surface area contributed by atoms with E-state index in [9.17, 15) is 9.59 Å². The van der Waals surface area contributed by atoms with Crippen molar-refractivity contribution in [2.45, 2.75) is 57.5 Å². The first kappa shape index (κ1) is 14.8. The first-order chi connectivity index (χ1) is 10.7. The van der Waals surface area contributed by atoms with E-state index in [0.717, 1.165) is 12.8 Å². The van der Waals surface area contributed by atoms with E-state index < -0.39 is 0 Å². The zero-order chi connectivity index (χ0) is 15.4. The molecule has 0 radical (unpaired) electrons. The van der Waals surface area contributed by atoms with Crippen molar-refractivity contribution in [3.05, 3.63) is 34.9 Å². The quantitative estimate of drug-likeness (QED) is 0.938. The summed E-state index contributed by atoms with van der Waals surface area (Å²) in [4.78, 5) is 24.3. The summed E-state index contributed by atoms with van der Waals surface area (Å²) in [6, 6.07) is 5.58. The van der Waals surface area contributed by atoms with E-state index in [0.29, 0.717) is 5.65 Å². The van der Waals surface area contributed by atoms with Crippen LogP contribution in [0.4, 0.5) is 0 Å². The molecule has 1 aliphatic carbocycles. The van der Waals surface area contributed by atoms with Gasteiger partial charge in [-0.2, -0.15) is 0 Å². The van der Waals surface area contributed by atoms with Gasteiger partial charge in [-0.3, -0.25) is 9.20 Å². The number of carbonyl (C=O) groups excluding carboxylic acids is 1. The summed E-state index contributed by atoms with van der Waals surface area (Å²) in [6.07, 6.45) is 9.86. The number of rotatable bonds is 3. The van der Waals surface area contributed by atoms with E-state index in [1.165, 1.54) is 41.2 Å². The highest BCUT2D eigenvalue weighted by atomic mass is 16.2. The molecule has 0 spiro atoms. The minimum absolute atomic E-state index is 0.0169. The first-order valence-electron chi connectivity index (χ1n) is 8.07. The Balaban J connectivity index is 1.65. The molecule has 1 amide bonds. The number of pyridine rings is 1. The van der Waals surface area contributed by atoms with Crippen molar-refractivity contribution >= 4 is 11.6 Å². The zero-order valence-corrected chi connectivity index (χ0v) is 12.7. The van der Waals surface area contributed by atoms with Crippen molar-refractivity contribution in [2.75, 3.05) is 0 Å². The number of hydrogen-bond donors (Lipinski definition) is 1. The van der Waals surface area contributed by atoms with Gasteiger partial charge in [-0.25, -0.2) is 9.48 Å². The second-order valence-electron chi connectivity index (χ2n) is 5.98. The molecule has 0 bridgehead atoms. The normalized spacial score (nSPS) is 17.1. The fraction of sp³-hybridized carbons (Fsp3) is 0.562. The third-order valence-electron chi connectivity index (χ3n) is 4.25. The van der Waals surface area contributed by atoms with Gasteiger partial charge in [-0.1, -0.05) is 38.2 Å². The van der Waals surface area contributed by atoms with Gasteiger partial charge >= 0.3 is 5.69 Å². The van der Waals surface area contributed by atoms with Crippen LogP contribution >= 0.6 is 0 Å².